The summed E-state index contributed by atoms with van der Waals surface area (Å²) in [4.78, 5) is 10.5. The van der Waals surface area contributed by atoms with Gasteiger partial charge in [-0.05, 0) is 101 Å². The highest BCUT2D eigenvalue weighted by Crippen LogP contribution is 2.43. The molecule has 58 heavy (non-hydrogen) atoms. The lowest BCUT2D eigenvalue weighted by atomic mass is 9.91. The highest BCUT2D eigenvalue weighted by atomic mass is 15.2. The van der Waals surface area contributed by atoms with Crippen LogP contribution in [0.5, 0.6) is 0 Å². The van der Waals surface area contributed by atoms with Gasteiger partial charge >= 0.3 is 0 Å². The summed E-state index contributed by atoms with van der Waals surface area (Å²) >= 11 is 0. The molecular weight excluding hydrogens is 705 g/mol. The third-order valence-corrected chi connectivity index (χ3v) is 11.8. The van der Waals surface area contributed by atoms with Crippen LogP contribution in [0, 0.1) is 0 Å². The molecule has 0 unspecified atom stereocenters. The summed E-state index contributed by atoms with van der Waals surface area (Å²) in [5.41, 5.74) is 12.4. The van der Waals surface area contributed by atoms with Crippen LogP contribution < -0.4 is 0 Å². The molecule has 0 N–H and O–H groups in total. The molecular formula is C54H40N4. The van der Waals surface area contributed by atoms with E-state index in [4.69, 9.17) is 9.97 Å². The first kappa shape index (κ1) is 34.0. The second-order valence-electron chi connectivity index (χ2n) is 15.2. The molecule has 0 atom stereocenters. The van der Waals surface area contributed by atoms with Gasteiger partial charge in [-0.1, -0.05) is 134 Å². The Morgan fingerprint density at radius 1 is 0.552 bits per heavy atom. The number of unbranched alkanes of at least 4 members (excludes halogenated alkanes) is 1. The van der Waals surface area contributed by atoms with Crippen LogP contribution in [0.1, 0.15) is 31.2 Å². The van der Waals surface area contributed by atoms with Gasteiger partial charge in [-0.25, -0.2) is 9.97 Å². The number of fused-ring (bicyclic) bond motifs is 9. The fraction of sp³-hybridized carbons (Fsp3) is 0.0741. The molecule has 0 bridgehead atoms. The van der Waals surface area contributed by atoms with Crippen LogP contribution in [-0.2, 0) is 0 Å². The molecule has 0 radical (unpaired) electrons. The zero-order chi connectivity index (χ0) is 38.6. The number of rotatable bonds is 8. The van der Waals surface area contributed by atoms with Crippen molar-refractivity contribution >= 4 is 77.1 Å². The molecule has 0 saturated carbocycles. The van der Waals surface area contributed by atoms with Crippen LogP contribution >= 0.6 is 0 Å². The summed E-state index contributed by atoms with van der Waals surface area (Å²) in [6.07, 6.45) is 17.5. The van der Waals surface area contributed by atoms with Gasteiger partial charge in [0.25, 0.3) is 0 Å². The SMILES string of the molecule is C=CCC/C=C/n1c2ccccc2c2c3cc(C4=CCCC=C4)ccc3c(-c3ccc4c(c3)c3ccccc3n4-c3nc(-c4ccccc4)c4ccccc4n3)cc21. The molecule has 3 aromatic heterocycles. The van der Waals surface area contributed by atoms with Gasteiger partial charge < -0.3 is 4.57 Å². The van der Waals surface area contributed by atoms with Crippen molar-refractivity contribution in [2.45, 2.75) is 25.7 Å². The van der Waals surface area contributed by atoms with E-state index in [-0.39, 0.29) is 0 Å². The smallest absolute Gasteiger partial charge is 0.235 e. The van der Waals surface area contributed by atoms with Gasteiger partial charge in [-0.15, -0.1) is 6.58 Å². The average Bonchev–Trinajstić information content (AvgIpc) is 3.79. The summed E-state index contributed by atoms with van der Waals surface area (Å²) in [6.45, 7) is 3.95. The third kappa shape index (κ3) is 5.52. The van der Waals surface area contributed by atoms with Gasteiger partial charge in [0.2, 0.25) is 5.95 Å². The van der Waals surface area contributed by atoms with Gasteiger partial charge in [0.05, 0.1) is 33.3 Å². The molecule has 4 nitrogen and oxygen atoms in total. The fourth-order valence-electron chi connectivity index (χ4n) is 9.05. The van der Waals surface area contributed by atoms with Gasteiger partial charge in [0.1, 0.15) is 0 Å². The molecule has 276 valence electrons. The summed E-state index contributed by atoms with van der Waals surface area (Å²) in [5.74, 6) is 0.662. The van der Waals surface area contributed by atoms with Crippen molar-refractivity contribution < 1.29 is 0 Å². The first-order valence-electron chi connectivity index (χ1n) is 20.3. The lowest BCUT2D eigenvalue weighted by molar-refractivity contribution is 1.01. The highest BCUT2D eigenvalue weighted by Gasteiger charge is 2.21. The number of hydrogen-bond acceptors (Lipinski definition) is 2. The summed E-state index contributed by atoms with van der Waals surface area (Å²) < 4.78 is 4.62. The molecule has 1 aliphatic rings. The topological polar surface area (TPSA) is 35.6 Å². The van der Waals surface area contributed by atoms with Gasteiger partial charge in [-0.3, -0.25) is 4.57 Å². The molecule has 0 saturated heterocycles. The van der Waals surface area contributed by atoms with E-state index in [0.29, 0.717) is 5.95 Å². The number of allylic oxidation sites excluding steroid dienone is 6. The minimum atomic E-state index is 0.662. The lowest BCUT2D eigenvalue weighted by Gasteiger charge is -2.14. The van der Waals surface area contributed by atoms with Crippen molar-refractivity contribution in [3.05, 3.63) is 188 Å². The van der Waals surface area contributed by atoms with E-state index >= 15 is 0 Å². The van der Waals surface area contributed by atoms with Crippen molar-refractivity contribution in [3.8, 4) is 28.3 Å². The van der Waals surface area contributed by atoms with Crippen LogP contribution in [0.15, 0.2) is 183 Å². The zero-order valence-electron chi connectivity index (χ0n) is 32.1. The van der Waals surface area contributed by atoms with Crippen molar-refractivity contribution in [1.29, 1.82) is 0 Å². The molecule has 0 amide bonds. The Balaban J connectivity index is 1.17. The van der Waals surface area contributed by atoms with Crippen LogP contribution in [0.25, 0.3) is 105 Å². The molecule has 11 rings (SSSR count). The summed E-state index contributed by atoms with van der Waals surface area (Å²) in [7, 11) is 0. The van der Waals surface area contributed by atoms with Crippen molar-refractivity contribution in [2.75, 3.05) is 0 Å². The number of benzene rings is 7. The van der Waals surface area contributed by atoms with E-state index in [9.17, 15) is 0 Å². The molecule has 0 fully saturated rings. The molecule has 7 aromatic carbocycles. The highest BCUT2D eigenvalue weighted by molar-refractivity contribution is 6.25. The minimum Gasteiger partial charge on any atom is -0.316 e. The first-order chi connectivity index (χ1) is 28.7. The number of para-hydroxylation sites is 3. The number of hydrogen-bond donors (Lipinski definition) is 0. The van der Waals surface area contributed by atoms with Crippen LogP contribution in [0.2, 0.25) is 0 Å². The van der Waals surface area contributed by atoms with Crippen LogP contribution in [0.4, 0.5) is 0 Å². The molecule has 10 aromatic rings. The van der Waals surface area contributed by atoms with Crippen molar-refractivity contribution in [3.63, 3.8) is 0 Å². The monoisotopic (exact) mass is 744 g/mol. The maximum absolute atomic E-state index is 5.31. The maximum atomic E-state index is 5.31. The summed E-state index contributed by atoms with van der Waals surface area (Å²) in [5, 5.41) is 8.42. The quantitative estimate of drug-likeness (QED) is 0.115. The van der Waals surface area contributed by atoms with E-state index in [1.807, 2.05) is 12.1 Å². The van der Waals surface area contributed by atoms with Crippen LogP contribution in [0.3, 0.4) is 0 Å². The van der Waals surface area contributed by atoms with Gasteiger partial charge in [-0.2, -0.15) is 0 Å². The zero-order valence-corrected chi connectivity index (χ0v) is 32.1. The second-order valence-corrected chi connectivity index (χ2v) is 15.2. The van der Waals surface area contributed by atoms with E-state index in [2.05, 4.69) is 186 Å². The molecule has 0 spiro atoms. The lowest BCUT2D eigenvalue weighted by Crippen LogP contribution is -2.03. The molecule has 0 aliphatic heterocycles. The third-order valence-electron chi connectivity index (χ3n) is 11.8. The molecule has 3 heterocycles. The predicted molar refractivity (Wildman–Crippen MR) is 246 cm³/mol. The van der Waals surface area contributed by atoms with E-state index < -0.39 is 0 Å². The minimum absolute atomic E-state index is 0.662. The van der Waals surface area contributed by atoms with Gasteiger partial charge in [0, 0.05) is 38.7 Å². The van der Waals surface area contributed by atoms with Crippen molar-refractivity contribution in [2.24, 2.45) is 0 Å². The summed E-state index contributed by atoms with van der Waals surface area (Å²) in [6, 6.07) is 52.6. The Bertz CT molecular complexity index is 3350. The van der Waals surface area contributed by atoms with E-state index in [1.165, 1.54) is 65.6 Å². The average molecular weight is 745 g/mol. The van der Waals surface area contributed by atoms with Crippen LogP contribution in [-0.4, -0.2) is 19.1 Å². The first-order valence-corrected chi connectivity index (χ1v) is 20.3. The number of aromatic nitrogens is 4. The second kappa shape index (κ2) is 14.0. The van der Waals surface area contributed by atoms with Gasteiger partial charge in [0.15, 0.2) is 0 Å². The Hall–Kier alpha value is -7.30. The standard InChI is InChI=1S/C54H40N4/c1-2-3-4-17-32-57-48-26-15-13-24-43(48)52-46-33-38(36-18-7-5-8-19-36)28-30-40(46)44(35-51(52)57)39-29-31-50-45(34-39)41-22-12-16-27-49(41)58(50)54-55-47-25-14-11-23-42(47)53(56-54)37-20-9-6-10-21-37/h2,6-7,9-35H,1,3-5,8H2/b32-17+. The Kier molecular flexibility index (Phi) is 8.21. The van der Waals surface area contributed by atoms with E-state index in [0.717, 1.165) is 58.9 Å². The number of nitrogens with zero attached hydrogens (tertiary/aromatic N) is 4. The van der Waals surface area contributed by atoms with Crippen molar-refractivity contribution in [1.82, 2.24) is 19.1 Å². The Morgan fingerprint density at radius 2 is 1.29 bits per heavy atom. The normalized spacial score (nSPS) is 13.2. The Morgan fingerprint density at radius 3 is 2.14 bits per heavy atom. The molecule has 4 heteroatoms. The maximum Gasteiger partial charge on any atom is 0.235 e. The predicted octanol–water partition coefficient (Wildman–Crippen LogP) is 14.5. The largest absolute Gasteiger partial charge is 0.316 e. The van der Waals surface area contributed by atoms with E-state index in [1.54, 1.807) is 0 Å². The fourth-order valence-corrected chi connectivity index (χ4v) is 9.05. The Labute approximate surface area is 337 Å². The molecule has 1 aliphatic carbocycles.